The monoisotopic (exact) mass is 800 g/mol. The smallest absolute Gasteiger partial charge is 0.418 e. The number of imidazole rings is 1. The van der Waals surface area contributed by atoms with Gasteiger partial charge >= 0.3 is 6.18 Å². The van der Waals surface area contributed by atoms with Crippen LogP contribution in [-0.2, 0) is 17.0 Å². The molecule has 6 heteroatoms. The molecule has 0 spiro atoms. The molecule has 3 nitrogen and oxygen atoms in total. The lowest BCUT2D eigenvalue weighted by Crippen LogP contribution is -2.16. The number of aromatic nitrogens is 2. The molecule has 7 aromatic carbocycles. The van der Waals surface area contributed by atoms with Gasteiger partial charge in [0.15, 0.2) is 0 Å². The Morgan fingerprint density at radius 2 is 1.17 bits per heavy atom. The number of benzene rings is 7. The van der Waals surface area contributed by atoms with Crippen LogP contribution in [0.3, 0.4) is 0 Å². The molecular formula is C54H51F3N2O. The number of rotatable bonds is 5. The molecule has 0 unspecified atom stereocenters. The van der Waals surface area contributed by atoms with E-state index in [4.69, 9.17) is 9.40 Å². The van der Waals surface area contributed by atoms with Gasteiger partial charge in [0, 0.05) is 10.8 Å². The minimum absolute atomic E-state index is 0.0339. The molecular weight excluding hydrogens is 750 g/mol. The largest absolute Gasteiger partial charge is 0.455 e. The van der Waals surface area contributed by atoms with Crippen molar-refractivity contribution < 1.29 is 17.6 Å². The maximum Gasteiger partial charge on any atom is 0.418 e. The van der Waals surface area contributed by atoms with Crippen LogP contribution in [0.25, 0.3) is 82.7 Å². The summed E-state index contributed by atoms with van der Waals surface area (Å²) >= 11 is 0. The second-order valence-electron chi connectivity index (χ2n) is 19.2. The Morgan fingerprint density at radius 3 is 1.80 bits per heavy atom. The third-order valence-corrected chi connectivity index (χ3v) is 12.2. The number of hydrogen-bond donors (Lipinski definition) is 0. The fourth-order valence-corrected chi connectivity index (χ4v) is 8.87. The number of hydrogen-bond acceptors (Lipinski definition) is 2. The van der Waals surface area contributed by atoms with Crippen molar-refractivity contribution in [2.24, 2.45) is 0 Å². The minimum atomic E-state index is -4.63. The molecule has 2 heterocycles. The van der Waals surface area contributed by atoms with E-state index < -0.39 is 11.7 Å². The van der Waals surface area contributed by atoms with Crippen molar-refractivity contribution in [3.8, 4) is 28.2 Å². The SMILES string of the molecule is CC(C)c1cc(-c2cc(C(C)(C)C)cc(C(C)(C)C)c2)cc(C(C)C)c1-n1c(-c2cccc3c2oc2cc4c(ccc5ccccc54)cc23)nc2cccc(C(F)(F)F)c21. The first-order chi connectivity index (χ1) is 28.3. The lowest BCUT2D eigenvalue weighted by atomic mass is 9.78. The summed E-state index contributed by atoms with van der Waals surface area (Å²) in [5, 5.41) is 6.25. The van der Waals surface area contributed by atoms with Crippen molar-refractivity contribution in [1.82, 2.24) is 9.55 Å². The summed E-state index contributed by atoms with van der Waals surface area (Å²) in [4.78, 5) is 5.11. The molecule has 60 heavy (non-hydrogen) atoms. The molecule has 0 amide bonds. The average molecular weight is 801 g/mol. The fourth-order valence-electron chi connectivity index (χ4n) is 8.87. The van der Waals surface area contributed by atoms with Gasteiger partial charge in [0.2, 0.25) is 0 Å². The number of nitrogens with zero attached hydrogens (tertiary/aromatic N) is 2. The zero-order valence-electron chi connectivity index (χ0n) is 36.1. The van der Waals surface area contributed by atoms with E-state index in [-0.39, 0.29) is 33.7 Å². The van der Waals surface area contributed by atoms with Gasteiger partial charge in [0.05, 0.1) is 27.8 Å². The number of para-hydroxylation sites is 2. The molecule has 0 radical (unpaired) electrons. The molecule has 0 aliphatic rings. The second-order valence-corrected chi connectivity index (χ2v) is 19.2. The molecule has 0 saturated carbocycles. The molecule has 0 bridgehead atoms. The summed E-state index contributed by atoms with van der Waals surface area (Å²) in [5.41, 5.74) is 8.56. The number of fused-ring (bicyclic) bond motifs is 7. The molecule has 9 aromatic rings. The van der Waals surface area contributed by atoms with Crippen molar-refractivity contribution >= 4 is 54.5 Å². The zero-order chi connectivity index (χ0) is 42.6. The van der Waals surface area contributed by atoms with E-state index in [0.717, 1.165) is 60.3 Å². The van der Waals surface area contributed by atoms with Gasteiger partial charge in [-0.05, 0) is 120 Å². The van der Waals surface area contributed by atoms with Crippen molar-refractivity contribution in [3.63, 3.8) is 0 Å². The minimum Gasteiger partial charge on any atom is -0.455 e. The van der Waals surface area contributed by atoms with Crippen LogP contribution in [-0.4, -0.2) is 9.55 Å². The molecule has 9 rings (SSSR count). The standard InChI is InChI=1S/C54H51F3N2O/c1-30(2)41-26-35(34-23-36(52(5,6)7)28-37(24-34)53(8,9)10)27-42(31(3)4)48(41)59-49-45(54(55,56)57)19-14-20-46(49)58-51(59)40-18-13-17-39-44-25-33-22-21-32-15-11-12-16-38(32)43(33)29-47(44)60-50(39)40/h11-31H,1-10H3. The van der Waals surface area contributed by atoms with Crippen molar-refractivity contribution in [3.05, 3.63) is 143 Å². The number of alkyl halides is 3. The van der Waals surface area contributed by atoms with Gasteiger partial charge in [-0.1, -0.05) is 142 Å². The topological polar surface area (TPSA) is 31.0 Å². The van der Waals surface area contributed by atoms with E-state index in [2.05, 4.69) is 136 Å². The Hall–Kier alpha value is -5.88. The number of halogens is 3. The average Bonchev–Trinajstić information content (AvgIpc) is 3.76. The first-order valence-electron chi connectivity index (χ1n) is 21.0. The van der Waals surface area contributed by atoms with Gasteiger partial charge in [-0.3, -0.25) is 4.57 Å². The zero-order valence-corrected chi connectivity index (χ0v) is 36.1. The Morgan fingerprint density at radius 1 is 0.567 bits per heavy atom. The van der Waals surface area contributed by atoms with E-state index in [1.54, 1.807) is 10.6 Å². The lowest BCUT2D eigenvalue weighted by molar-refractivity contribution is -0.136. The van der Waals surface area contributed by atoms with Crippen LogP contribution in [0.1, 0.15) is 109 Å². The lowest BCUT2D eigenvalue weighted by Gasteiger charge is -2.28. The van der Waals surface area contributed by atoms with Gasteiger partial charge in [-0.2, -0.15) is 13.2 Å². The fraction of sp³-hybridized carbons (Fsp3) is 0.278. The van der Waals surface area contributed by atoms with Crippen molar-refractivity contribution in [2.75, 3.05) is 0 Å². The van der Waals surface area contributed by atoms with E-state index in [9.17, 15) is 0 Å². The van der Waals surface area contributed by atoms with Gasteiger partial charge in [0.25, 0.3) is 0 Å². The maximum absolute atomic E-state index is 15.3. The maximum atomic E-state index is 15.3. The Kier molecular flexibility index (Phi) is 9.13. The van der Waals surface area contributed by atoms with Crippen LogP contribution in [0.4, 0.5) is 13.2 Å². The predicted octanol–water partition coefficient (Wildman–Crippen LogP) is 16.4. The highest BCUT2D eigenvalue weighted by Crippen LogP contribution is 2.46. The Balaban J connectivity index is 1.38. The van der Waals surface area contributed by atoms with Crippen LogP contribution in [0.15, 0.2) is 120 Å². The third kappa shape index (κ3) is 6.56. The van der Waals surface area contributed by atoms with Gasteiger partial charge < -0.3 is 4.42 Å². The molecule has 0 fully saturated rings. The van der Waals surface area contributed by atoms with E-state index in [1.165, 1.54) is 23.3 Å². The second kappa shape index (κ2) is 13.8. The third-order valence-electron chi connectivity index (χ3n) is 12.2. The van der Waals surface area contributed by atoms with E-state index in [0.29, 0.717) is 22.6 Å². The summed E-state index contributed by atoms with van der Waals surface area (Å²) < 4.78 is 54.4. The summed E-state index contributed by atoms with van der Waals surface area (Å²) in [5.74, 6) is 0.318. The quantitative estimate of drug-likeness (QED) is 0.162. The predicted molar refractivity (Wildman–Crippen MR) is 245 cm³/mol. The van der Waals surface area contributed by atoms with Crippen LogP contribution < -0.4 is 0 Å². The molecule has 0 aliphatic carbocycles. The molecule has 2 aromatic heterocycles. The summed E-state index contributed by atoms with van der Waals surface area (Å²) in [6, 6.07) is 38.3. The summed E-state index contributed by atoms with van der Waals surface area (Å²) in [6.07, 6.45) is -4.63. The van der Waals surface area contributed by atoms with E-state index in [1.807, 2.05) is 30.3 Å². The Labute approximate surface area is 349 Å². The highest BCUT2D eigenvalue weighted by molar-refractivity contribution is 6.17. The molecule has 304 valence electrons. The van der Waals surface area contributed by atoms with Gasteiger partial charge in [-0.15, -0.1) is 0 Å². The molecule has 0 atom stereocenters. The Bertz CT molecular complexity index is 3100. The molecule has 0 aliphatic heterocycles. The summed E-state index contributed by atoms with van der Waals surface area (Å²) in [6.45, 7) is 21.9. The first kappa shape index (κ1) is 39.6. The van der Waals surface area contributed by atoms with Crippen LogP contribution >= 0.6 is 0 Å². The van der Waals surface area contributed by atoms with Crippen molar-refractivity contribution in [1.29, 1.82) is 0 Å². The number of furan rings is 1. The van der Waals surface area contributed by atoms with Gasteiger partial charge in [0.1, 0.15) is 17.0 Å². The highest BCUT2D eigenvalue weighted by Gasteiger charge is 2.36. The first-order valence-corrected chi connectivity index (χ1v) is 21.0. The molecule has 0 saturated heterocycles. The molecule has 0 N–H and O–H groups in total. The van der Waals surface area contributed by atoms with Crippen molar-refractivity contribution in [2.45, 2.75) is 98.1 Å². The van der Waals surface area contributed by atoms with Crippen LogP contribution in [0, 0.1) is 0 Å². The van der Waals surface area contributed by atoms with Crippen LogP contribution in [0.2, 0.25) is 0 Å². The van der Waals surface area contributed by atoms with E-state index >= 15 is 13.2 Å². The highest BCUT2D eigenvalue weighted by atomic mass is 19.4. The normalized spacial score (nSPS) is 13.1. The summed E-state index contributed by atoms with van der Waals surface area (Å²) in [7, 11) is 0. The van der Waals surface area contributed by atoms with Gasteiger partial charge in [-0.25, -0.2) is 4.98 Å². The van der Waals surface area contributed by atoms with Crippen LogP contribution in [0.5, 0.6) is 0 Å².